The summed E-state index contributed by atoms with van der Waals surface area (Å²) in [7, 11) is 1.48. The monoisotopic (exact) mass is 338 g/mol. The number of carbonyl (C=O) groups excluding carboxylic acids is 1. The van der Waals surface area contributed by atoms with Gasteiger partial charge >= 0.3 is 12.2 Å². The molecule has 0 fully saturated rings. The summed E-state index contributed by atoms with van der Waals surface area (Å²) in [5.74, 6) is 0.486. The highest BCUT2D eigenvalue weighted by molar-refractivity contribution is 5.91. The first-order valence-corrected chi connectivity index (χ1v) is 7.19. The van der Waals surface area contributed by atoms with E-state index >= 15 is 0 Å². The zero-order valence-corrected chi connectivity index (χ0v) is 13.1. The molecule has 0 bridgehead atoms. The molecule has 0 saturated heterocycles. The molecule has 0 heterocycles. The summed E-state index contributed by atoms with van der Waals surface area (Å²) >= 11 is 0. The number of carbonyl (C=O) groups is 1. The molecule has 2 aromatic rings. The van der Waals surface area contributed by atoms with Crippen molar-refractivity contribution >= 4 is 11.7 Å². The Hall–Kier alpha value is -2.70. The number of hydrogen-bond acceptors (Lipinski definition) is 2. The maximum Gasteiger partial charge on any atom is 0.416 e. The maximum atomic E-state index is 12.8. The largest absolute Gasteiger partial charge is 0.495 e. The van der Waals surface area contributed by atoms with Gasteiger partial charge in [0.25, 0.3) is 0 Å². The van der Waals surface area contributed by atoms with Gasteiger partial charge in [-0.1, -0.05) is 24.3 Å². The van der Waals surface area contributed by atoms with Gasteiger partial charge in [-0.05, 0) is 36.8 Å². The van der Waals surface area contributed by atoms with Crippen molar-refractivity contribution in [3.05, 3.63) is 59.7 Å². The van der Waals surface area contributed by atoms with E-state index in [4.69, 9.17) is 4.74 Å². The fourth-order valence-electron chi connectivity index (χ4n) is 2.17. The van der Waals surface area contributed by atoms with Crippen molar-refractivity contribution < 1.29 is 22.7 Å². The number of nitrogens with one attached hydrogen (secondary N) is 2. The van der Waals surface area contributed by atoms with E-state index < -0.39 is 23.8 Å². The highest BCUT2D eigenvalue weighted by atomic mass is 19.4. The van der Waals surface area contributed by atoms with E-state index in [-0.39, 0.29) is 0 Å². The summed E-state index contributed by atoms with van der Waals surface area (Å²) in [5, 5.41) is 5.21. The summed E-state index contributed by atoms with van der Waals surface area (Å²) in [6.07, 6.45) is -4.42. The lowest BCUT2D eigenvalue weighted by molar-refractivity contribution is -0.137. The first kappa shape index (κ1) is 17.7. The Morgan fingerprint density at radius 1 is 1.12 bits per heavy atom. The number of alkyl halides is 3. The molecule has 0 aliphatic rings. The average molecular weight is 338 g/mol. The van der Waals surface area contributed by atoms with E-state index in [0.29, 0.717) is 17.0 Å². The van der Waals surface area contributed by atoms with Crippen molar-refractivity contribution in [3.63, 3.8) is 0 Å². The van der Waals surface area contributed by atoms with Gasteiger partial charge < -0.3 is 15.4 Å². The Morgan fingerprint density at radius 3 is 2.50 bits per heavy atom. The van der Waals surface area contributed by atoms with Crippen molar-refractivity contribution in [2.75, 3.05) is 12.4 Å². The zero-order chi connectivity index (χ0) is 17.7. The molecular weight excluding hydrogens is 321 g/mol. The number of benzene rings is 2. The molecule has 0 aliphatic carbocycles. The number of para-hydroxylation sites is 2. The highest BCUT2D eigenvalue weighted by Crippen LogP contribution is 2.30. The summed E-state index contributed by atoms with van der Waals surface area (Å²) in [5.41, 5.74) is 0.0764. The third-order valence-electron chi connectivity index (χ3n) is 3.42. The van der Waals surface area contributed by atoms with Gasteiger partial charge in [0, 0.05) is 0 Å². The van der Waals surface area contributed by atoms with E-state index in [1.165, 1.54) is 19.2 Å². The minimum atomic E-state index is -4.42. The van der Waals surface area contributed by atoms with Crippen LogP contribution in [-0.4, -0.2) is 13.1 Å². The van der Waals surface area contributed by atoms with Crippen molar-refractivity contribution in [1.29, 1.82) is 0 Å². The molecule has 7 heteroatoms. The topological polar surface area (TPSA) is 50.4 Å². The quantitative estimate of drug-likeness (QED) is 0.856. The molecule has 4 nitrogen and oxygen atoms in total. The lowest BCUT2D eigenvalue weighted by Crippen LogP contribution is -2.31. The molecule has 0 unspecified atom stereocenters. The van der Waals surface area contributed by atoms with E-state index in [2.05, 4.69) is 10.6 Å². The number of hydrogen-bond donors (Lipinski definition) is 2. The van der Waals surface area contributed by atoms with Crippen LogP contribution < -0.4 is 15.4 Å². The minimum Gasteiger partial charge on any atom is -0.495 e. The average Bonchev–Trinajstić information content (AvgIpc) is 2.54. The van der Waals surface area contributed by atoms with E-state index in [1.54, 1.807) is 31.2 Å². The van der Waals surface area contributed by atoms with Gasteiger partial charge in [-0.3, -0.25) is 0 Å². The maximum absolute atomic E-state index is 12.8. The number of halogens is 3. The second-order valence-electron chi connectivity index (χ2n) is 5.14. The summed E-state index contributed by atoms with van der Waals surface area (Å²) in [4.78, 5) is 12.0. The van der Waals surface area contributed by atoms with Crippen LogP contribution in [0.5, 0.6) is 5.75 Å². The summed E-state index contributed by atoms with van der Waals surface area (Å²) in [6, 6.07) is 10.6. The van der Waals surface area contributed by atoms with Crippen LogP contribution in [0.3, 0.4) is 0 Å². The van der Waals surface area contributed by atoms with Gasteiger partial charge in [0.2, 0.25) is 0 Å². The van der Waals surface area contributed by atoms with Crippen LogP contribution in [0.1, 0.15) is 24.1 Å². The number of amides is 2. The third-order valence-corrected chi connectivity index (χ3v) is 3.42. The van der Waals surface area contributed by atoms with E-state index in [0.717, 1.165) is 12.1 Å². The normalized spacial score (nSPS) is 12.4. The Labute approximate surface area is 137 Å². The Morgan fingerprint density at radius 2 is 1.83 bits per heavy atom. The van der Waals surface area contributed by atoms with Gasteiger partial charge in [0.15, 0.2) is 0 Å². The zero-order valence-electron chi connectivity index (χ0n) is 13.1. The summed E-state index contributed by atoms with van der Waals surface area (Å²) in [6.45, 7) is 1.61. The molecule has 0 aromatic heterocycles. The van der Waals surface area contributed by atoms with Crippen LogP contribution in [-0.2, 0) is 6.18 Å². The second kappa shape index (κ2) is 7.25. The van der Waals surface area contributed by atoms with Gasteiger partial charge in [-0.15, -0.1) is 0 Å². The van der Waals surface area contributed by atoms with Crippen molar-refractivity contribution in [1.82, 2.24) is 5.32 Å². The molecule has 0 saturated carbocycles. The number of rotatable bonds is 4. The highest BCUT2D eigenvalue weighted by Gasteiger charge is 2.30. The molecule has 1 atom stereocenters. The molecule has 2 amide bonds. The second-order valence-corrected chi connectivity index (χ2v) is 5.14. The predicted octanol–water partition coefficient (Wildman–Crippen LogP) is 4.60. The molecule has 2 rings (SSSR count). The smallest absolute Gasteiger partial charge is 0.416 e. The standard InChI is InChI=1S/C17H17F3N2O2/c1-11(12-6-5-7-13(10-12)17(18,19)20)21-16(23)22-14-8-3-4-9-15(14)24-2/h3-11H,1-2H3,(H2,21,22,23)/t11-/m1/s1. The van der Waals surface area contributed by atoms with Crippen LogP contribution in [0.15, 0.2) is 48.5 Å². The third kappa shape index (κ3) is 4.41. The van der Waals surface area contributed by atoms with E-state index in [1.807, 2.05) is 0 Å². The fraction of sp³-hybridized carbons (Fsp3) is 0.235. The van der Waals surface area contributed by atoms with Crippen LogP contribution in [0.4, 0.5) is 23.7 Å². The molecule has 0 aliphatic heterocycles. The molecular formula is C17H17F3N2O2. The Balaban J connectivity index is 2.06. The van der Waals surface area contributed by atoms with Crippen LogP contribution in [0.25, 0.3) is 0 Å². The first-order chi connectivity index (χ1) is 11.3. The number of urea groups is 1. The number of anilines is 1. The molecule has 0 radical (unpaired) electrons. The lowest BCUT2D eigenvalue weighted by atomic mass is 10.1. The molecule has 2 N–H and O–H groups in total. The molecule has 128 valence electrons. The number of ether oxygens (including phenoxy) is 1. The molecule has 24 heavy (non-hydrogen) atoms. The van der Waals surface area contributed by atoms with E-state index in [9.17, 15) is 18.0 Å². The van der Waals surface area contributed by atoms with Gasteiger partial charge in [-0.25, -0.2) is 4.79 Å². The SMILES string of the molecule is COc1ccccc1NC(=O)N[C@H](C)c1cccc(C(F)(F)F)c1. The predicted molar refractivity (Wildman–Crippen MR) is 85.0 cm³/mol. The first-order valence-electron chi connectivity index (χ1n) is 7.19. The Kier molecular flexibility index (Phi) is 5.33. The van der Waals surface area contributed by atoms with Gasteiger partial charge in [0.1, 0.15) is 5.75 Å². The fourth-order valence-corrected chi connectivity index (χ4v) is 2.17. The van der Waals surface area contributed by atoms with Crippen molar-refractivity contribution in [2.24, 2.45) is 0 Å². The van der Waals surface area contributed by atoms with Crippen LogP contribution in [0, 0.1) is 0 Å². The van der Waals surface area contributed by atoms with Gasteiger partial charge in [0.05, 0.1) is 24.4 Å². The Bertz CT molecular complexity index is 717. The van der Waals surface area contributed by atoms with Gasteiger partial charge in [-0.2, -0.15) is 13.2 Å². The van der Waals surface area contributed by atoms with Crippen LogP contribution in [0.2, 0.25) is 0 Å². The summed E-state index contributed by atoms with van der Waals surface area (Å²) < 4.78 is 43.4. The van der Waals surface area contributed by atoms with Crippen molar-refractivity contribution in [2.45, 2.75) is 19.1 Å². The molecule has 0 spiro atoms. The lowest BCUT2D eigenvalue weighted by Gasteiger charge is -2.17. The molecule has 2 aromatic carbocycles. The van der Waals surface area contributed by atoms with Crippen molar-refractivity contribution in [3.8, 4) is 5.75 Å². The minimum absolute atomic E-state index is 0.361. The van der Waals surface area contributed by atoms with Crippen LogP contribution >= 0.6 is 0 Å². The number of methoxy groups -OCH3 is 1.